The number of hydrogen-bond donors (Lipinski definition) is 1. The lowest BCUT2D eigenvalue weighted by atomic mass is 10.3. The van der Waals surface area contributed by atoms with E-state index in [0.717, 1.165) is 17.5 Å². The number of nitrogens with zero attached hydrogens (tertiary/aromatic N) is 3. The maximum Gasteiger partial charge on any atom is 0.408 e. The Morgan fingerprint density at radius 2 is 2.41 bits per heavy atom. The second-order valence-electron chi connectivity index (χ2n) is 3.46. The van der Waals surface area contributed by atoms with Gasteiger partial charge >= 0.3 is 5.82 Å². The van der Waals surface area contributed by atoms with Crippen molar-refractivity contribution < 1.29 is 9.72 Å². The maximum absolute atomic E-state index is 11.4. The first-order valence-electron chi connectivity index (χ1n) is 5.18. The van der Waals surface area contributed by atoms with E-state index in [0.29, 0.717) is 6.54 Å². The summed E-state index contributed by atoms with van der Waals surface area (Å²) in [6, 6.07) is 0. The number of unbranched alkanes of at least 4 members (excludes halogenated alkanes) is 1. The average Bonchev–Trinajstić information content (AvgIpc) is 2.60. The van der Waals surface area contributed by atoms with E-state index in [1.165, 1.54) is 6.20 Å². The van der Waals surface area contributed by atoms with E-state index in [4.69, 9.17) is 11.6 Å². The third-order valence-corrected chi connectivity index (χ3v) is 2.30. The van der Waals surface area contributed by atoms with Crippen LogP contribution in [0, 0.1) is 10.1 Å². The van der Waals surface area contributed by atoms with E-state index < -0.39 is 10.7 Å². The molecule has 0 saturated heterocycles. The minimum absolute atomic E-state index is 0.0721. The van der Waals surface area contributed by atoms with E-state index in [-0.39, 0.29) is 17.5 Å². The highest BCUT2D eigenvalue weighted by Gasteiger charge is 2.19. The molecule has 17 heavy (non-hydrogen) atoms. The van der Waals surface area contributed by atoms with E-state index in [1.54, 1.807) is 0 Å². The van der Waals surface area contributed by atoms with Crippen molar-refractivity contribution >= 4 is 23.3 Å². The van der Waals surface area contributed by atoms with Crippen molar-refractivity contribution in [2.24, 2.45) is 0 Å². The van der Waals surface area contributed by atoms with Gasteiger partial charge in [0, 0.05) is 6.54 Å². The Hall–Kier alpha value is -1.63. The molecule has 0 spiro atoms. The molecular weight excluding hydrogens is 248 g/mol. The first kappa shape index (κ1) is 13.4. The molecule has 1 aromatic heterocycles. The molecule has 0 aliphatic heterocycles. The molecule has 1 heterocycles. The van der Waals surface area contributed by atoms with Crippen molar-refractivity contribution in [2.75, 3.05) is 6.54 Å². The number of aromatic nitrogens is 2. The van der Waals surface area contributed by atoms with Gasteiger partial charge in [0.05, 0.1) is 11.3 Å². The fourth-order valence-corrected chi connectivity index (χ4v) is 1.42. The highest BCUT2D eigenvalue weighted by molar-refractivity contribution is 6.32. The Kier molecular flexibility index (Phi) is 4.89. The minimum atomic E-state index is -0.687. The number of carbonyl (C=O) groups is 1. The maximum atomic E-state index is 11.4. The quantitative estimate of drug-likeness (QED) is 0.475. The van der Waals surface area contributed by atoms with Crippen LogP contribution < -0.4 is 5.32 Å². The molecule has 0 bridgehead atoms. The molecule has 1 amide bonds. The van der Waals surface area contributed by atoms with Gasteiger partial charge in [-0.2, -0.15) is 4.68 Å². The summed E-state index contributed by atoms with van der Waals surface area (Å²) < 4.78 is 1.15. The molecule has 0 fully saturated rings. The Labute approximate surface area is 103 Å². The number of halogens is 1. The molecule has 0 radical (unpaired) electrons. The second-order valence-corrected chi connectivity index (χ2v) is 3.87. The van der Waals surface area contributed by atoms with Crippen LogP contribution in [0.15, 0.2) is 6.20 Å². The monoisotopic (exact) mass is 260 g/mol. The summed E-state index contributed by atoms with van der Waals surface area (Å²) in [6.07, 6.45) is 3.14. The molecule has 94 valence electrons. The van der Waals surface area contributed by atoms with E-state index >= 15 is 0 Å². The van der Waals surface area contributed by atoms with Crippen molar-refractivity contribution in [3.63, 3.8) is 0 Å². The van der Waals surface area contributed by atoms with Crippen molar-refractivity contribution in [1.29, 1.82) is 0 Å². The van der Waals surface area contributed by atoms with Crippen molar-refractivity contribution in [1.82, 2.24) is 15.1 Å². The molecule has 1 aromatic rings. The topological polar surface area (TPSA) is 90.1 Å². The summed E-state index contributed by atoms with van der Waals surface area (Å²) >= 11 is 5.59. The van der Waals surface area contributed by atoms with E-state index in [1.807, 2.05) is 6.92 Å². The second kappa shape index (κ2) is 6.19. The summed E-state index contributed by atoms with van der Waals surface area (Å²) in [6.45, 7) is 2.53. The Bertz CT molecular complexity index is 418. The predicted octanol–water partition coefficient (Wildman–Crippen LogP) is 1.36. The van der Waals surface area contributed by atoms with E-state index in [9.17, 15) is 14.9 Å². The van der Waals surface area contributed by atoms with Gasteiger partial charge in [0.25, 0.3) is 0 Å². The summed E-state index contributed by atoms with van der Waals surface area (Å²) in [5.41, 5.74) is 0. The molecule has 0 aliphatic rings. The molecule has 0 atom stereocenters. The number of rotatable bonds is 6. The zero-order valence-corrected chi connectivity index (χ0v) is 10.1. The SMILES string of the molecule is CCCCNC(=O)Cn1cc(Cl)c([N+](=O)[O-])n1. The number of nitro groups is 1. The molecule has 0 unspecified atom stereocenters. The third-order valence-electron chi connectivity index (χ3n) is 2.03. The van der Waals surface area contributed by atoms with Gasteiger partial charge in [0.15, 0.2) is 5.02 Å². The zero-order chi connectivity index (χ0) is 12.8. The standard InChI is InChI=1S/C9H13ClN4O3/c1-2-3-4-11-8(15)6-13-5-7(10)9(12-13)14(16)17/h5H,2-4,6H2,1H3,(H,11,15). The molecule has 1 N–H and O–H groups in total. The lowest BCUT2D eigenvalue weighted by Crippen LogP contribution is -2.28. The number of nitrogens with one attached hydrogen (secondary N) is 1. The van der Waals surface area contributed by atoms with Crippen molar-refractivity contribution in [3.8, 4) is 0 Å². The summed E-state index contributed by atoms with van der Waals surface area (Å²) in [7, 11) is 0. The smallest absolute Gasteiger partial charge is 0.358 e. The average molecular weight is 261 g/mol. The van der Waals surface area contributed by atoms with Gasteiger partial charge in [-0.15, -0.1) is 0 Å². The first-order chi connectivity index (χ1) is 8.04. The van der Waals surface area contributed by atoms with Crippen LogP contribution in [-0.4, -0.2) is 27.2 Å². The van der Waals surface area contributed by atoms with Crippen LogP contribution in [0.4, 0.5) is 5.82 Å². The largest absolute Gasteiger partial charge is 0.408 e. The van der Waals surface area contributed by atoms with Crippen LogP contribution in [0.1, 0.15) is 19.8 Å². The van der Waals surface area contributed by atoms with Crippen molar-refractivity contribution in [3.05, 3.63) is 21.3 Å². The fraction of sp³-hybridized carbons (Fsp3) is 0.556. The van der Waals surface area contributed by atoms with Crippen LogP contribution in [-0.2, 0) is 11.3 Å². The van der Waals surface area contributed by atoms with Gasteiger partial charge < -0.3 is 15.4 Å². The van der Waals surface area contributed by atoms with Crippen LogP contribution in [0.3, 0.4) is 0 Å². The highest BCUT2D eigenvalue weighted by Crippen LogP contribution is 2.20. The molecule has 8 heteroatoms. The van der Waals surface area contributed by atoms with Crippen LogP contribution in [0.5, 0.6) is 0 Å². The third kappa shape index (κ3) is 4.03. The lowest BCUT2D eigenvalue weighted by Gasteiger charge is -2.01. The highest BCUT2D eigenvalue weighted by atomic mass is 35.5. The van der Waals surface area contributed by atoms with Gasteiger partial charge in [-0.25, -0.2) is 0 Å². The summed E-state index contributed by atoms with van der Waals surface area (Å²) in [4.78, 5) is 21.2. The Morgan fingerprint density at radius 3 is 2.94 bits per heavy atom. The number of carbonyl (C=O) groups excluding carboxylic acids is 1. The Balaban J connectivity index is 2.54. The van der Waals surface area contributed by atoms with Gasteiger partial charge in [-0.1, -0.05) is 24.9 Å². The van der Waals surface area contributed by atoms with E-state index in [2.05, 4.69) is 10.4 Å². The van der Waals surface area contributed by atoms with Crippen LogP contribution in [0.25, 0.3) is 0 Å². The fourth-order valence-electron chi connectivity index (χ4n) is 1.20. The van der Waals surface area contributed by atoms with Gasteiger partial charge in [0.2, 0.25) is 5.91 Å². The molecule has 1 rings (SSSR count). The summed E-state index contributed by atoms with van der Waals surface area (Å²) in [5.74, 6) is -0.680. The normalized spacial score (nSPS) is 10.2. The molecule has 0 aromatic carbocycles. The van der Waals surface area contributed by atoms with Crippen LogP contribution in [0.2, 0.25) is 5.02 Å². The van der Waals surface area contributed by atoms with Gasteiger partial charge in [-0.05, 0) is 11.3 Å². The predicted molar refractivity (Wildman–Crippen MR) is 61.8 cm³/mol. The van der Waals surface area contributed by atoms with Gasteiger partial charge in [-0.3, -0.25) is 4.79 Å². The number of hydrogen-bond acceptors (Lipinski definition) is 4. The molecule has 0 aliphatic carbocycles. The molecule has 7 nitrogen and oxygen atoms in total. The lowest BCUT2D eigenvalue weighted by molar-refractivity contribution is -0.389. The van der Waals surface area contributed by atoms with Crippen molar-refractivity contribution in [2.45, 2.75) is 26.3 Å². The molecule has 0 saturated carbocycles. The van der Waals surface area contributed by atoms with Gasteiger partial charge in [0.1, 0.15) is 6.54 Å². The Morgan fingerprint density at radius 1 is 1.71 bits per heavy atom. The summed E-state index contributed by atoms with van der Waals surface area (Å²) in [5, 5.41) is 16.7. The minimum Gasteiger partial charge on any atom is -0.358 e. The zero-order valence-electron chi connectivity index (χ0n) is 9.35. The van der Waals surface area contributed by atoms with Crippen LogP contribution >= 0.6 is 11.6 Å². The first-order valence-corrected chi connectivity index (χ1v) is 5.56. The molecular formula is C9H13ClN4O3. The number of amides is 1.